The zero-order chi connectivity index (χ0) is 17.1. The van der Waals surface area contributed by atoms with Crippen LogP contribution < -0.4 is 5.32 Å². The summed E-state index contributed by atoms with van der Waals surface area (Å²) in [7, 11) is 2.00. The molecular weight excluding hydrogens is 306 g/mol. The molecule has 2 atom stereocenters. The summed E-state index contributed by atoms with van der Waals surface area (Å²) in [6.45, 7) is 0.968. The quantitative estimate of drug-likeness (QED) is 0.682. The van der Waals surface area contributed by atoms with Crippen LogP contribution in [0.25, 0.3) is 11.3 Å². The highest BCUT2D eigenvalue weighted by molar-refractivity contribution is 5.64. The fourth-order valence-corrected chi connectivity index (χ4v) is 3.76. The van der Waals surface area contributed by atoms with Gasteiger partial charge in [-0.1, -0.05) is 60.7 Å². The third kappa shape index (κ3) is 3.52. The van der Waals surface area contributed by atoms with Crippen molar-refractivity contribution < 1.29 is 0 Å². The van der Waals surface area contributed by atoms with Gasteiger partial charge >= 0.3 is 0 Å². The Morgan fingerprint density at radius 3 is 2.48 bits per heavy atom. The molecule has 3 nitrogen and oxygen atoms in total. The lowest BCUT2D eigenvalue weighted by Crippen LogP contribution is -2.11. The molecule has 1 heterocycles. The van der Waals surface area contributed by atoms with Crippen molar-refractivity contribution in [2.75, 3.05) is 13.6 Å². The standard InChI is InChI=1S/C22H25N3/c1-23-13-12-21-20(22(25-24-21)17-10-6-3-7-11-17)15-18-14-19(18)16-8-4-2-5-9-16/h2-11,18-19,23H,12-15H2,1H3,(H,24,25). The second kappa shape index (κ2) is 7.24. The van der Waals surface area contributed by atoms with Gasteiger partial charge in [0.05, 0.1) is 5.69 Å². The molecule has 2 N–H and O–H groups in total. The predicted molar refractivity (Wildman–Crippen MR) is 103 cm³/mol. The molecule has 0 bridgehead atoms. The lowest BCUT2D eigenvalue weighted by molar-refractivity contribution is 0.746. The Morgan fingerprint density at radius 2 is 1.76 bits per heavy atom. The molecule has 1 aliphatic carbocycles. The third-order valence-electron chi connectivity index (χ3n) is 5.24. The summed E-state index contributed by atoms with van der Waals surface area (Å²) in [4.78, 5) is 0. The largest absolute Gasteiger partial charge is 0.319 e. The molecular formula is C22H25N3. The second-order valence-corrected chi connectivity index (χ2v) is 6.97. The predicted octanol–water partition coefficient (Wildman–Crippen LogP) is 4.18. The third-order valence-corrected chi connectivity index (χ3v) is 5.24. The smallest absolute Gasteiger partial charge is 0.0955 e. The van der Waals surface area contributed by atoms with E-state index in [0.29, 0.717) is 5.92 Å². The van der Waals surface area contributed by atoms with Crippen molar-refractivity contribution in [3.05, 3.63) is 77.5 Å². The summed E-state index contributed by atoms with van der Waals surface area (Å²) >= 11 is 0. The van der Waals surface area contributed by atoms with E-state index in [9.17, 15) is 0 Å². The number of H-pyrrole nitrogens is 1. The first-order valence-electron chi connectivity index (χ1n) is 9.18. The van der Waals surface area contributed by atoms with Crippen LogP contribution >= 0.6 is 0 Å². The number of hydrogen-bond acceptors (Lipinski definition) is 2. The number of hydrogen-bond donors (Lipinski definition) is 2. The average Bonchev–Trinajstić information content (AvgIpc) is 3.33. The number of likely N-dealkylation sites (N-methyl/N-ethyl adjacent to an activating group) is 1. The van der Waals surface area contributed by atoms with Gasteiger partial charge in [0, 0.05) is 29.8 Å². The van der Waals surface area contributed by atoms with E-state index in [4.69, 9.17) is 0 Å². The molecule has 3 heteroatoms. The Hall–Kier alpha value is -2.39. The van der Waals surface area contributed by atoms with E-state index in [1.54, 1.807) is 0 Å². The van der Waals surface area contributed by atoms with Gasteiger partial charge in [0.1, 0.15) is 0 Å². The van der Waals surface area contributed by atoms with Gasteiger partial charge in [0.15, 0.2) is 0 Å². The van der Waals surface area contributed by atoms with Crippen LogP contribution in [0.5, 0.6) is 0 Å². The summed E-state index contributed by atoms with van der Waals surface area (Å²) in [5.41, 5.74) is 6.51. The minimum absolute atomic E-state index is 0.705. The Morgan fingerprint density at radius 1 is 1.04 bits per heavy atom. The monoisotopic (exact) mass is 331 g/mol. The molecule has 1 saturated carbocycles. The van der Waals surface area contributed by atoms with Gasteiger partial charge in [0.2, 0.25) is 0 Å². The van der Waals surface area contributed by atoms with Gasteiger partial charge in [-0.2, -0.15) is 5.10 Å². The van der Waals surface area contributed by atoms with Gasteiger partial charge in [0.25, 0.3) is 0 Å². The molecule has 3 aromatic rings. The van der Waals surface area contributed by atoms with Crippen LogP contribution in [0.3, 0.4) is 0 Å². The topological polar surface area (TPSA) is 40.7 Å². The van der Waals surface area contributed by atoms with Crippen molar-refractivity contribution in [1.82, 2.24) is 15.5 Å². The summed E-state index contributed by atoms with van der Waals surface area (Å²) in [6, 6.07) is 21.5. The maximum Gasteiger partial charge on any atom is 0.0955 e. The van der Waals surface area contributed by atoms with Crippen molar-refractivity contribution in [3.8, 4) is 11.3 Å². The number of rotatable bonds is 7. The first-order chi connectivity index (χ1) is 12.4. The van der Waals surface area contributed by atoms with E-state index in [0.717, 1.165) is 31.0 Å². The highest BCUT2D eigenvalue weighted by atomic mass is 15.1. The molecule has 2 aromatic carbocycles. The van der Waals surface area contributed by atoms with Gasteiger partial charge in [-0.15, -0.1) is 0 Å². The number of nitrogens with one attached hydrogen (secondary N) is 2. The minimum atomic E-state index is 0.705. The van der Waals surface area contributed by atoms with Crippen LogP contribution in [0, 0.1) is 5.92 Å². The average molecular weight is 331 g/mol. The van der Waals surface area contributed by atoms with Crippen molar-refractivity contribution in [2.45, 2.75) is 25.2 Å². The second-order valence-electron chi connectivity index (χ2n) is 6.97. The Kier molecular flexibility index (Phi) is 4.66. The van der Waals surface area contributed by atoms with Crippen LogP contribution in [-0.4, -0.2) is 23.8 Å². The molecule has 4 rings (SSSR count). The van der Waals surface area contributed by atoms with E-state index < -0.39 is 0 Å². The van der Waals surface area contributed by atoms with E-state index >= 15 is 0 Å². The highest BCUT2D eigenvalue weighted by Gasteiger charge is 2.39. The van der Waals surface area contributed by atoms with Gasteiger partial charge in [-0.3, -0.25) is 5.10 Å². The maximum atomic E-state index is 4.67. The highest BCUT2D eigenvalue weighted by Crippen LogP contribution is 2.50. The molecule has 1 aromatic heterocycles. The van der Waals surface area contributed by atoms with E-state index in [2.05, 4.69) is 76.2 Å². The Labute approximate surface area is 149 Å². The molecule has 0 aliphatic heterocycles. The normalized spacial score (nSPS) is 19.1. The minimum Gasteiger partial charge on any atom is -0.319 e. The Balaban J connectivity index is 1.58. The van der Waals surface area contributed by atoms with Crippen LogP contribution in [-0.2, 0) is 12.8 Å². The van der Waals surface area contributed by atoms with Crippen LogP contribution in [0.15, 0.2) is 60.7 Å². The summed E-state index contributed by atoms with van der Waals surface area (Å²) in [6.07, 6.45) is 3.39. The lowest BCUT2D eigenvalue weighted by atomic mass is 9.98. The van der Waals surface area contributed by atoms with Gasteiger partial charge in [-0.25, -0.2) is 0 Å². The van der Waals surface area contributed by atoms with Gasteiger partial charge < -0.3 is 5.32 Å². The van der Waals surface area contributed by atoms with Crippen molar-refractivity contribution >= 4 is 0 Å². The first kappa shape index (κ1) is 16.1. The fourth-order valence-electron chi connectivity index (χ4n) is 3.76. The SMILES string of the molecule is CNCCc1[nH]nc(-c2ccccc2)c1CC1CC1c1ccccc1. The zero-order valence-corrected chi connectivity index (χ0v) is 14.7. The Bertz CT molecular complexity index is 808. The van der Waals surface area contributed by atoms with Crippen LogP contribution in [0.4, 0.5) is 0 Å². The lowest BCUT2D eigenvalue weighted by Gasteiger charge is -2.07. The van der Waals surface area contributed by atoms with Crippen molar-refractivity contribution in [1.29, 1.82) is 0 Å². The number of nitrogens with zero attached hydrogens (tertiary/aromatic N) is 1. The maximum absolute atomic E-state index is 4.67. The van der Waals surface area contributed by atoms with Crippen LogP contribution in [0.1, 0.15) is 29.2 Å². The van der Waals surface area contributed by atoms with Gasteiger partial charge in [-0.05, 0) is 37.3 Å². The molecule has 1 aliphatic rings. The fraction of sp³-hybridized carbons (Fsp3) is 0.318. The molecule has 0 spiro atoms. The summed E-state index contributed by atoms with van der Waals surface area (Å²) in [5, 5.41) is 11.2. The van der Waals surface area contributed by atoms with E-state index in [1.807, 2.05) is 7.05 Å². The zero-order valence-electron chi connectivity index (χ0n) is 14.7. The molecule has 0 saturated heterocycles. The molecule has 1 fully saturated rings. The molecule has 0 radical (unpaired) electrons. The van der Waals surface area contributed by atoms with E-state index in [-0.39, 0.29) is 0 Å². The van der Waals surface area contributed by atoms with Crippen LogP contribution in [0.2, 0.25) is 0 Å². The molecule has 128 valence electrons. The van der Waals surface area contributed by atoms with E-state index in [1.165, 1.54) is 28.8 Å². The number of benzene rings is 2. The molecule has 0 amide bonds. The first-order valence-corrected chi connectivity index (χ1v) is 9.18. The molecule has 25 heavy (non-hydrogen) atoms. The van der Waals surface area contributed by atoms with Crippen molar-refractivity contribution in [2.24, 2.45) is 5.92 Å². The van der Waals surface area contributed by atoms with Crippen molar-refractivity contribution in [3.63, 3.8) is 0 Å². The number of aromatic amines is 1. The summed E-state index contributed by atoms with van der Waals surface area (Å²) < 4.78 is 0. The molecule has 2 unspecified atom stereocenters. The summed E-state index contributed by atoms with van der Waals surface area (Å²) in [5.74, 6) is 1.44. The number of aromatic nitrogens is 2.